The lowest BCUT2D eigenvalue weighted by Gasteiger charge is -2.29. The van der Waals surface area contributed by atoms with Gasteiger partial charge in [-0.25, -0.2) is 4.79 Å². The van der Waals surface area contributed by atoms with E-state index < -0.39 is 17.6 Å². The van der Waals surface area contributed by atoms with Gasteiger partial charge in [-0.15, -0.1) is 0 Å². The predicted molar refractivity (Wildman–Crippen MR) is 66.6 cm³/mol. The molecule has 0 spiro atoms. The molecule has 0 aliphatic rings. The van der Waals surface area contributed by atoms with E-state index in [9.17, 15) is 14.7 Å². The van der Waals surface area contributed by atoms with Crippen molar-refractivity contribution in [2.24, 2.45) is 5.73 Å². The summed E-state index contributed by atoms with van der Waals surface area (Å²) in [7, 11) is 0. The fourth-order valence-corrected chi connectivity index (χ4v) is 1.67. The zero-order valence-corrected chi connectivity index (χ0v) is 11.0. The van der Waals surface area contributed by atoms with Gasteiger partial charge in [-0.3, -0.25) is 4.79 Å². The minimum atomic E-state index is -1.18. The summed E-state index contributed by atoms with van der Waals surface area (Å²) >= 11 is 0. The van der Waals surface area contributed by atoms with Crippen LogP contribution < -0.4 is 11.1 Å². The third-order valence-electron chi connectivity index (χ3n) is 3.18. The Morgan fingerprint density at radius 2 is 1.82 bits per heavy atom. The van der Waals surface area contributed by atoms with Crippen LogP contribution in [0.2, 0.25) is 0 Å². The monoisotopic (exact) mass is 244 g/mol. The van der Waals surface area contributed by atoms with E-state index in [1.54, 1.807) is 13.8 Å². The molecule has 100 valence electrons. The Labute approximate surface area is 103 Å². The maximum atomic E-state index is 11.8. The number of aliphatic carboxylic acids is 1. The predicted octanol–water partition coefficient (Wildman–Crippen LogP) is 1.26. The summed E-state index contributed by atoms with van der Waals surface area (Å²) in [5, 5.41) is 11.7. The van der Waals surface area contributed by atoms with Crippen LogP contribution in [0.15, 0.2) is 0 Å². The van der Waals surface area contributed by atoms with Crippen molar-refractivity contribution in [1.29, 1.82) is 0 Å². The molecule has 0 rings (SSSR count). The van der Waals surface area contributed by atoms with Crippen LogP contribution in [0.5, 0.6) is 0 Å². The fourth-order valence-electron chi connectivity index (χ4n) is 1.67. The van der Waals surface area contributed by atoms with Gasteiger partial charge < -0.3 is 16.2 Å². The topological polar surface area (TPSA) is 92.4 Å². The smallest absolute Gasteiger partial charge is 0.329 e. The van der Waals surface area contributed by atoms with Crippen molar-refractivity contribution in [3.05, 3.63) is 0 Å². The number of carbonyl (C=O) groups excluding carboxylic acids is 1. The first-order chi connectivity index (χ1) is 7.93. The van der Waals surface area contributed by atoms with Gasteiger partial charge in [0.1, 0.15) is 5.54 Å². The minimum absolute atomic E-state index is 0.352. The number of amides is 1. The quantitative estimate of drug-likeness (QED) is 0.599. The van der Waals surface area contributed by atoms with Gasteiger partial charge in [-0.2, -0.15) is 0 Å². The third kappa shape index (κ3) is 4.34. The van der Waals surface area contributed by atoms with E-state index in [1.807, 2.05) is 6.92 Å². The van der Waals surface area contributed by atoms with E-state index in [0.29, 0.717) is 19.3 Å². The first kappa shape index (κ1) is 15.9. The summed E-state index contributed by atoms with van der Waals surface area (Å²) in [6, 6.07) is -0.619. The highest BCUT2D eigenvalue weighted by atomic mass is 16.4. The SMILES string of the molecule is CCCCC(N)C(=O)NC(CC)(CC)C(=O)O. The molecule has 0 aromatic heterocycles. The standard InChI is InChI=1S/C12H24N2O3/c1-4-7-8-9(13)10(15)14-12(5-2,6-3)11(16)17/h9H,4-8,13H2,1-3H3,(H,14,15)(H,16,17). The molecule has 4 N–H and O–H groups in total. The van der Waals surface area contributed by atoms with Crippen LogP contribution in [0.3, 0.4) is 0 Å². The Bertz CT molecular complexity index is 262. The van der Waals surface area contributed by atoms with Crippen molar-refractivity contribution in [2.45, 2.75) is 64.5 Å². The van der Waals surface area contributed by atoms with Crippen LogP contribution >= 0.6 is 0 Å². The van der Waals surface area contributed by atoms with Gasteiger partial charge >= 0.3 is 5.97 Å². The summed E-state index contributed by atoms with van der Waals surface area (Å²) in [6.45, 7) is 5.51. The summed E-state index contributed by atoms with van der Waals surface area (Å²) in [5.41, 5.74) is 4.54. The highest BCUT2D eigenvalue weighted by Gasteiger charge is 2.37. The van der Waals surface area contributed by atoms with Crippen molar-refractivity contribution in [3.63, 3.8) is 0 Å². The summed E-state index contributed by atoms with van der Waals surface area (Å²) in [4.78, 5) is 23.0. The van der Waals surface area contributed by atoms with Crippen LogP contribution in [-0.4, -0.2) is 28.6 Å². The summed E-state index contributed by atoms with van der Waals surface area (Å²) < 4.78 is 0. The lowest BCUT2D eigenvalue weighted by molar-refractivity contribution is -0.148. The maximum Gasteiger partial charge on any atom is 0.329 e. The van der Waals surface area contributed by atoms with Gasteiger partial charge in [0, 0.05) is 0 Å². The number of rotatable bonds is 8. The molecule has 0 saturated carbocycles. The van der Waals surface area contributed by atoms with Gasteiger partial charge in [0.25, 0.3) is 0 Å². The molecule has 0 fully saturated rings. The van der Waals surface area contributed by atoms with Gasteiger partial charge in [0.05, 0.1) is 6.04 Å². The molecular formula is C12H24N2O3. The molecule has 0 bridgehead atoms. The Morgan fingerprint density at radius 1 is 1.29 bits per heavy atom. The maximum absolute atomic E-state index is 11.8. The molecule has 5 nitrogen and oxygen atoms in total. The van der Waals surface area contributed by atoms with E-state index in [-0.39, 0.29) is 5.91 Å². The molecule has 5 heteroatoms. The Hall–Kier alpha value is -1.10. The highest BCUT2D eigenvalue weighted by molar-refractivity contribution is 5.89. The number of nitrogens with two attached hydrogens (primary N) is 1. The van der Waals surface area contributed by atoms with Crippen LogP contribution in [0.1, 0.15) is 52.9 Å². The van der Waals surface area contributed by atoms with Gasteiger partial charge in [0.15, 0.2) is 0 Å². The number of carbonyl (C=O) groups is 2. The Balaban J connectivity index is 4.56. The van der Waals surface area contributed by atoms with Gasteiger partial charge in [-0.1, -0.05) is 33.6 Å². The average molecular weight is 244 g/mol. The molecule has 0 saturated heterocycles. The molecule has 1 unspecified atom stereocenters. The summed E-state index contributed by atoms with van der Waals surface area (Å²) in [5.74, 6) is -1.37. The fraction of sp³-hybridized carbons (Fsp3) is 0.833. The molecule has 0 aliphatic heterocycles. The van der Waals surface area contributed by atoms with Gasteiger partial charge in [-0.05, 0) is 19.3 Å². The molecular weight excluding hydrogens is 220 g/mol. The average Bonchev–Trinajstić information content (AvgIpc) is 2.32. The lowest BCUT2D eigenvalue weighted by Crippen LogP contribution is -2.57. The number of carboxylic acids is 1. The molecule has 0 aromatic rings. The van der Waals surface area contributed by atoms with E-state index in [4.69, 9.17) is 5.73 Å². The van der Waals surface area contributed by atoms with Crippen molar-refractivity contribution in [3.8, 4) is 0 Å². The van der Waals surface area contributed by atoms with E-state index >= 15 is 0 Å². The van der Waals surface area contributed by atoms with Crippen molar-refractivity contribution in [1.82, 2.24) is 5.32 Å². The molecule has 0 radical (unpaired) electrons. The summed E-state index contributed by atoms with van der Waals surface area (Å²) in [6.07, 6.45) is 3.13. The number of hydrogen-bond donors (Lipinski definition) is 3. The van der Waals surface area contributed by atoms with Gasteiger partial charge in [0.2, 0.25) is 5.91 Å². The zero-order chi connectivity index (χ0) is 13.5. The van der Waals surface area contributed by atoms with E-state index in [0.717, 1.165) is 12.8 Å². The second kappa shape index (κ2) is 7.27. The van der Waals surface area contributed by atoms with Crippen LogP contribution in [-0.2, 0) is 9.59 Å². The Kier molecular flexibility index (Phi) is 6.80. The molecule has 17 heavy (non-hydrogen) atoms. The Morgan fingerprint density at radius 3 is 2.18 bits per heavy atom. The largest absolute Gasteiger partial charge is 0.480 e. The normalized spacial score (nSPS) is 13.2. The van der Waals surface area contributed by atoms with Crippen molar-refractivity contribution in [2.75, 3.05) is 0 Å². The molecule has 0 aliphatic carbocycles. The van der Waals surface area contributed by atoms with Crippen molar-refractivity contribution < 1.29 is 14.7 Å². The molecule has 0 heterocycles. The zero-order valence-electron chi connectivity index (χ0n) is 11.0. The second-order valence-corrected chi connectivity index (χ2v) is 4.33. The number of nitrogens with one attached hydrogen (secondary N) is 1. The van der Waals surface area contributed by atoms with Crippen LogP contribution in [0.4, 0.5) is 0 Å². The van der Waals surface area contributed by atoms with E-state index in [2.05, 4.69) is 5.32 Å². The third-order valence-corrected chi connectivity index (χ3v) is 3.18. The molecule has 1 amide bonds. The minimum Gasteiger partial charge on any atom is -0.480 e. The van der Waals surface area contributed by atoms with E-state index in [1.165, 1.54) is 0 Å². The van der Waals surface area contributed by atoms with Crippen molar-refractivity contribution >= 4 is 11.9 Å². The van der Waals surface area contributed by atoms with Crippen LogP contribution in [0.25, 0.3) is 0 Å². The molecule has 1 atom stereocenters. The van der Waals surface area contributed by atoms with Crippen LogP contribution in [0, 0.1) is 0 Å². The first-order valence-electron chi connectivity index (χ1n) is 6.24. The first-order valence-corrected chi connectivity index (χ1v) is 6.24. The second-order valence-electron chi connectivity index (χ2n) is 4.33. The number of hydrogen-bond acceptors (Lipinski definition) is 3. The highest BCUT2D eigenvalue weighted by Crippen LogP contribution is 2.16. The lowest BCUT2D eigenvalue weighted by atomic mass is 9.92. The number of unbranched alkanes of at least 4 members (excludes halogenated alkanes) is 1. The number of carboxylic acid groups (broad SMARTS) is 1. The molecule has 0 aromatic carbocycles.